The van der Waals surface area contributed by atoms with Gasteiger partial charge in [-0.25, -0.2) is 9.59 Å². The molecular formula is C20H18O4. The van der Waals surface area contributed by atoms with Gasteiger partial charge >= 0.3 is 11.9 Å². The largest absolute Gasteiger partial charge is 0.478 e. The molecule has 0 unspecified atom stereocenters. The van der Waals surface area contributed by atoms with Crippen molar-refractivity contribution >= 4 is 11.9 Å². The van der Waals surface area contributed by atoms with Crippen LogP contribution in [0.1, 0.15) is 52.5 Å². The normalized spacial score (nSPS) is 9.88. The Morgan fingerprint density at radius 1 is 1.00 bits per heavy atom. The van der Waals surface area contributed by atoms with Crippen molar-refractivity contribution in [3.05, 3.63) is 59.2 Å². The third-order valence-corrected chi connectivity index (χ3v) is 3.54. The molecule has 2 aromatic rings. The lowest BCUT2D eigenvalue weighted by molar-refractivity contribution is 0.0696. The summed E-state index contributed by atoms with van der Waals surface area (Å²) in [6.45, 7) is 2.10. The second kappa shape index (κ2) is 7.98. The molecule has 0 saturated heterocycles. The molecular weight excluding hydrogens is 304 g/mol. The Morgan fingerprint density at radius 2 is 1.62 bits per heavy atom. The second-order valence-electron chi connectivity index (χ2n) is 5.36. The van der Waals surface area contributed by atoms with Gasteiger partial charge in [-0.2, -0.15) is 0 Å². The van der Waals surface area contributed by atoms with E-state index < -0.39 is 11.9 Å². The Kier molecular flexibility index (Phi) is 5.75. The third-order valence-electron chi connectivity index (χ3n) is 3.54. The lowest BCUT2D eigenvalue weighted by Crippen LogP contribution is -2.03. The Labute approximate surface area is 140 Å². The molecule has 0 amide bonds. The smallest absolute Gasteiger partial charge is 0.335 e. The Morgan fingerprint density at radius 3 is 2.21 bits per heavy atom. The summed E-state index contributed by atoms with van der Waals surface area (Å²) in [7, 11) is 0. The summed E-state index contributed by atoms with van der Waals surface area (Å²) < 4.78 is 0. The standard InChI is InChI=1S/C20H18O4/c1-2-3-4-5-8-14-9-6-7-10-18(14)15-11-16(19(21)22)13-17(12-15)20(23)24/h6-7,9-13H,2-4H2,1H3,(H,21,22)(H,23,24). The topological polar surface area (TPSA) is 74.6 Å². The second-order valence-corrected chi connectivity index (χ2v) is 5.36. The predicted octanol–water partition coefficient (Wildman–Crippen LogP) is 4.29. The van der Waals surface area contributed by atoms with Crippen LogP contribution < -0.4 is 0 Å². The van der Waals surface area contributed by atoms with Crippen molar-refractivity contribution in [2.24, 2.45) is 0 Å². The van der Waals surface area contributed by atoms with Gasteiger partial charge in [-0.15, -0.1) is 0 Å². The molecule has 4 nitrogen and oxygen atoms in total. The lowest BCUT2D eigenvalue weighted by atomic mass is 9.96. The van der Waals surface area contributed by atoms with E-state index in [1.54, 1.807) is 0 Å². The fourth-order valence-electron chi connectivity index (χ4n) is 2.30. The maximum absolute atomic E-state index is 11.3. The zero-order chi connectivity index (χ0) is 17.5. The van der Waals surface area contributed by atoms with Gasteiger partial charge in [0.05, 0.1) is 11.1 Å². The molecule has 0 bridgehead atoms. The first kappa shape index (κ1) is 17.3. The van der Waals surface area contributed by atoms with Crippen molar-refractivity contribution in [2.75, 3.05) is 0 Å². The van der Waals surface area contributed by atoms with Gasteiger partial charge in [0, 0.05) is 12.0 Å². The summed E-state index contributed by atoms with van der Waals surface area (Å²) in [6.07, 6.45) is 2.88. The summed E-state index contributed by atoms with van der Waals surface area (Å²) in [5.41, 5.74) is 1.91. The quantitative estimate of drug-likeness (QED) is 0.636. The van der Waals surface area contributed by atoms with Gasteiger partial charge in [-0.05, 0) is 41.8 Å². The number of carboxylic acids is 2. The van der Waals surface area contributed by atoms with Crippen molar-refractivity contribution in [1.29, 1.82) is 0 Å². The summed E-state index contributed by atoms with van der Waals surface area (Å²) in [5.74, 6) is 3.88. The Balaban J connectivity index is 2.53. The van der Waals surface area contributed by atoms with Crippen LogP contribution in [0.2, 0.25) is 0 Å². The SMILES string of the molecule is CCCCC#Cc1ccccc1-c1cc(C(=O)O)cc(C(=O)O)c1. The first-order valence-corrected chi connectivity index (χ1v) is 7.73. The molecule has 0 aromatic heterocycles. The lowest BCUT2D eigenvalue weighted by Gasteiger charge is -2.08. The number of hydrogen-bond donors (Lipinski definition) is 2. The van der Waals surface area contributed by atoms with Gasteiger partial charge < -0.3 is 10.2 Å². The van der Waals surface area contributed by atoms with Crippen LogP contribution in [0.25, 0.3) is 11.1 Å². The molecule has 0 aliphatic carbocycles. The van der Waals surface area contributed by atoms with E-state index in [-0.39, 0.29) is 11.1 Å². The first-order valence-electron chi connectivity index (χ1n) is 7.73. The average molecular weight is 322 g/mol. The molecule has 0 radical (unpaired) electrons. The van der Waals surface area contributed by atoms with Crippen LogP contribution in [0.5, 0.6) is 0 Å². The number of carbonyl (C=O) groups is 2. The van der Waals surface area contributed by atoms with Gasteiger partial charge in [0.2, 0.25) is 0 Å². The molecule has 2 rings (SSSR count). The fourth-order valence-corrected chi connectivity index (χ4v) is 2.30. The van der Waals surface area contributed by atoms with Crippen molar-refractivity contribution in [3.63, 3.8) is 0 Å². The van der Waals surface area contributed by atoms with E-state index in [4.69, 9.17) is 0 Å². The highest BCUT2D eigenvalue weighted by molar-refractivity contribution is 5.96. The van der Waals surface area contributed by atoms with E-state index in [9.17, 15) is 19.8 Å². The van der Waals surface area contributed by atoms with Gasteiger partial charge in [-0.3, -0.25) is 0 Å². The van der Waals surface area contributed by atoms with E-state index in [0.717, 1.165) is 36.5 Å². The highest BCUT2D eigenvalue weighted by atomic mass is 16.4. The maximum Gasteiger partial charge on any atom is 0.335 e. The van der Waals surface area contributed by atoms with Gasteiger partial charge in [0.25, 0.3) is 0 Å². The number of rotatable bonds is 5. The molecule has 0 aliphatic rings. The molecule has 122 valence electrons. The van der Waals surface area contributed by atoms with E-state index in [1.807, 2.05) is 24.3 Å². The minimum atomic E-state index is -1.16. The monoisotopic (exact) mass is 322 g/mol. The highest BCUT2D eigenvalue weighted by Gasteiger charge is 2.13. The number of unbranched alkanes of at least 4 members (excludes halogenated alkanes) is 2. The minimum Gasteiger partial charge on any atom is -0.478 e. The molecule has 0 heterocycles. The average Bonchev–Trinajstić information content (AvgIpc) is 2.58. The zero-order valence-electron chi connectivity index (χ0n) is 13.4. The molecule has 0 fully saturated rings. The van der Waals surface area contributed by atoms with Crippen LogP contribution >= 0.6 is 0 Å². The van der Waals surface area contributed by atoms with Gasteiger partial charge in [0.1, 0.15) is 0 Å². The molecule has 0 saturated carbocycles. The van der Waals surface area contributed by atoms with Gasteiger partial charge in [0.15, 0.2) is 0 Å². The van der Waals surface area contributed by atoms with Crippen molar-refractivity contribution < 1.29 is 19.8 Å². The van der Waals surface area contributed by atoms with Crippen LogP contribution in [0.4, 0.5) is 0 Å². The van der Waals surface area contributed by atoms with E-state index in [2.05, 4.69) is 18.8 Å². The summed E-state index contributed by atoms with van der Waals surface area (Å²) in [6, 6.07) is 11.4. The summed E-state index contributed by atoms with van der Waals surface area (Å²) in [5, 5.41) is 18.4. The summed E-state index contributed by atoms with van der Waals surface area (Å²) in [4.78, 5) is 22.5. The number of carboxylic acid groups (broad SMARTS) is 2. The van der Waals surface area contributed by atoms with E-state index >= 15 is 0 Å². The molecule has 0 spiro atoms. The van der Waals surface area contributed by atoms with E-state index in [1.165, 1.54) is 12.1 Å². The van der Waals surface area contributed by atoms with Crippen LogP contribution in [0, 0.1) is 11.8 Å². The Hall–Kier alpha value is -3.06. The van der Waals surface area contributed by atoms with Crippen molar-refractivity contribution in [1.82, 2.24) is 0 Å². The minimum absolute atomic E-state index is 0.0568. The maximum atomic E-state index is 11.3. The summed E-state index contributed by atoms with van der Waals surface area (Å²) >= 11 is 0. The first-order chi connectivity index (χ1) is 11.5. The van der Waals surface area contributed by atoms with Crippen molar-refractivity contribution in [2.45, 2.75) is 26.2 Å². The Bertz CT molecular complexity index is 793. The fraction of sp³-hybridized carbons (Fsp3) is 0.200. The number of aromatic carboxylic acids is 2. The molecule has 0 aliphatic heterocycles. The molecule has 2 aromatic carbocycles. The zero-order valence-corrected chi connectivity index (χ0v) is 13.4. The van der Waals surface area contributed by atoms with E-state index in [0.29, 0.717) is 5.56 Å². The third kappa shape index (κ3) is 4.23. The molecule has 0 atom stereocenters. The van der Waals surface area contributed by atoms with Crippen molar-refractivity contribution in [3.8, 4) is 23.0 Å². The number of benzene rings is 2. The highest BCUT2D eigenvalue weighted by Crippen LogP contribution is 2.26. The van der Waals surface area contributed by atoms with Gasteiger partial charge in [-0.1, -0.05) is 43.4 Å². The van der Waals surface area contributed by atoms with Crippen LogP contribution in [0.15, 0.2) is 42.5 Å². The number of hydrogen-bond acceptors (Lipinski definition) is 2. The molecule has 24 heavy (non-hydrogen) atoms. The van der Waals surface area contributed by atoms with Crippen LogP contribution in [-0.2, 0) is 0 Å². The molecule has 2 N–H and O–H groups in total. The molecule has 4 heteroatoms. The van der Waals surface area contributed by atoms with Crippen LogP contribution in [0.3, 0.4) is 0 Å². The predicted molar refractivity (Wildman–Crippen MR) is 92.2 cm³/mol. The van der Waals surface area contributed by atoms with Crippen LogP contribution in [-0.4, -0.2) is 22.2 Å².